The molecule has 2 aromatic carbocycles. The topological polar surface area (TPSA) is 78.2 Å². The van der Waals surface area contributed by atoms with Crippen molar-refractivity contribution >= 4 is 34.3 Å². The van der Waals surface area contributed by atoms with Crippen molar-refractivity contribution in [2.24, 2.45) is 0 Å². The Morgan fingerprint density at radius 2 is 1.82 bits per heavy atom. The molecule has 3 heterocycles. The fourth-order valence-corrected chi connectivity index (χ4v) is 5.83. The van der Waals surface area contributed by atoms with Crippen LogP contribution in [0.2, 0.25) is 5.02 Å². The average molecular weight is 535 g/mol. The van der Waals surface area contributed by atoms with E-state index in [4.69, 9.17) is 16.6 Å². The van der Waals surface area contributed by atoms with Crippen molar-refractivity contribution in [3.63, 3.8) is 0 Å². The lowest BCUT2D eigenvalue weighted by atomic mass is 9.93. The monoisotopic (exact) mass is 534 g/mol. The van der Waals surface area contributed by atoms with Gasteiger partial charge in [0, 0.05) is 72.8 Å². The molecular formula is C29H32ClFN6O. The lowest BCUT2D eigenvalue weighted by Crippen LogP contribution is -2.42. The van der Waals surface area contributed by atoms with Crippen LogP contribution >= 0.6 is 11.6 Å². The zero-order chi connectivity index (χ0) is 26.1. The molecule has 9 heteroatoms. The Morgan fingerprint density at radius 3 is 2.55 bits per heavy atom. The van der Waals surface area contributed by atoms with Crippen molar-refractivity contribution in [2.45, 2.75) is 44.4 Å². The molecule has 1 saturated carbocycles. The van der Waals surface area contributed by atoms with E-state index < -0.39 is 5.82 Å². The fourth-order valence-electron chi connectivity index (χ4n) is 5.61. The molecule has 3 N–H and O–H groups in total. The number of anilines is 2. The summed E-state index contributed by atoms with van der Waals surface area (Å²) in [6.45, 7) is 5.18. The molecule has 7 nitrogen and oxygen atoms in total. The van der Waals surface area contributed by atoms with Crippen molar-refractivity contribution in [3.8, 4) is 11.1 Å². The normalized spacial score (nSPS) is 20.6. The number of piperazine rings is 1. The third kappa shape index (κ3) is 5.54. The van der Waals surface area contributed by atoms with Crippen molar-refractivity contribution in [2.75, 3.05) is 31.5 Å². The van der Waals surface area contributed by atoms with Gasteiger partial charge in [-0.2, -0.15) is 4.98 Å². The summed E-state index contributed by atoms with van der Waals surface area (Å²) >= 11 is 6.04. The molecule has 0 radical (unpaired) electrons. The van der Waals surface area contributed by atoms with Gasteiger partial charge in [0.1, 0.15) is 11.5 Å². The molecule has 1 aliphatic carbocycles. The highest BCUT2D eigenvalue weighted by Crippen LogP contribution is 2.37. The second-order valence-corrected chi connectivity index (χ2v) is 10.8. The van der Waals surface area contributed by atoms with Crippen LogP contribution in [0.4, 0.5) is 16.0 Å². The average Bonchev–Trinajstić information content (AvgIpc) is 3.28. The Hall–Kier alpha value is -3.04. The smallest absolute Gasteiger partial charge is 0.229 e. The van der Waals surface area contributed by atoms with Gasteiger partial charge >= 0.3 is 0 Å². The first-order valence-corrected chi connectivity index (χ1v) is 13.7. The summed E-state index contributed by atoms with van der Waals surface area (Å²) in [7, 11) is 0. The highest BCUT2D eigenvalue weighted by atomic mass is 35.5. The number of fused-ring (bicyclic) bond motifs is 1. The van der Waals surface area contributed by atoms with Gasteiger partial charge in [-0.1, -0.05) is 35.9 Å². The Balaban J connectivity index is 1.33. The summed E-state index contributed by atoms with van der Waals surface area (Å²) in [5.74, 6) is -0.0415. The van der Waals surface area contributed by atoms with E-state index in [-0.39, 0.29) is 12.1 Å². The van der Waals surface area contributed by atoms with Gasteiger partial charge in [-0.15, -0.1) is 0 Å². The van der Waals surface area contributed by atoms with Gasteiger partial charge < -0.3 is 20.3 Å². The molecular weight excluding hydrogens is 503 g/mol. The van der Waals surface area contributed by atoms with Gasteiger partial charge in [0.15, 0.2) is 0 Å². The first kappa shape index (κ1) is 25.2. The van der Waals surface area contributed by atoms with E-state index in [1.54, 1.807) is 6.07 Å². The predicted molar refractivity (Wildman–Crippen MR) is 149 cm³/mol. The van der Waals surface area contributed by atoms with Gasteiger partial charge in [0.05, 0.1) is 6.10 Å². The Labute approximate surface area is 226 Å². The molecule has 198 valence electrons. The van der Waals surface area contributed by atoms with E-state index in [0.717, 1.165) is 80.6 Å². The molecule has 2 aliphatic rings. The third-order valence-electron chi connectivity index (χ3n) is 7.63. The first-order valence-electron chi connectivity index (χ1n) is 13.3. The Bertz CT molecular complexity index is 1390. The number of aliphatic hydroxyl groups is 1. The molecule has 2 aromatic heterocycles. The van der Waals surface area contributed by atoms with Crippen LogP contribution in [-0.4, -0.2) is 56.8 Å². The number of benzene rings is 2. The van der Waals surface area contributed by atoms with Crippen LogP contribution in [0, 0.1) is 5.82 Å². The summed E-state index contributed by atoms with van der Waals surface area (Å²) in [4.78, 5) is 11.9. The van der Waals surface area contributed by atoms with Gasteiger partial charge in [0.2, 0.25) is 5.95 Å². The lowest BCUT2D eigenvalue weighted by molar-refractivity contribution is 0.111. The van der Waals surface area contributed by atoms with Crippen LogP contribution in [0.3, 0.4) is 0 Å². The molecule has 1 aliphatic heterocycles. The van der Waals surface area contributed by atoms with Gasteiger partial charge in [-0.25, -0.2) is 9.37 Å². The third-order valence-corrected chi connectivity index (χ3v) is 7.85. The van der Waals surface area contributed by atoms with E-state index >= 15 is 0 Å². The van der Waals surface area contributed by atoms with E-state index in [9.17, 15) is 9.50 Å². The molecule has 1 saturated heterocycles. The Morgan fingerprint density at radius 1 is 1.05 bits per heavy atom. The molecule has 0 unspecified atom stereocenters. The molecule has 0 amide bonds. The number of hydrogen-bond donors (Lipinski definition) is 3. The highest BCUT2D eigenvalue weighted by Gasteiger charge is 2.24. The molecule has 2 fully saturated rings. The zero-order valence-corrected chi connectivity index (χ0v) is 22.0. The maximum Gasteiger partial charge on any atom is 0.229 e. The summed E-state index contributed by atoms with van der Waals surface area (Å²) in [5, 5.41) is 17.9. The predicted octanol–water partition coefficient (Wildman–Crippen LogP) is 5.52. The SMILES string of the molecule is OC1CCC(n2cc(-c3ccc(CN4CCNCC4)cc3)c3cnc(Nc4cc(F)cc(Cl)c4)nc32)CC1. The number of nitrogens with zero attached hydrogens (tertiary/aromatic N) is 4. The Kier molecular flexibility index (Phi) is 7.30. The van der Waals surface area contributed by atoms with Gasteiger partial charge in [-0.05, 0) is 55.0 Å². The van der Waals surface area contributed by atoms with Crippen molar-refractivity contribution in [3.05, 3.63) is 71.3 Å². The standard InChI is InChI=1S/C29H32ClFN6O/c30-21-13-22(31)15-23(14-21)34-29-33-16-26-27(18-37(28(26)35-29)24-5-7-25(38)8-6-24)20-3-1-19(2-4-20)17-36-11-9-32-10-12-36/h1-4,13-16,18,24-25,32,38H,5-12,17H2,(H,33,34,35). The second-order valence-electron chi connectivity index (χ2n) is 10.3. The summed E-state index contributed by atoms with van der Waals surface area (Å²) in [6, 6.07) is 13.3. The lowest BCUT2D eigenvalue weighted by Gasteiger charge is -2.27. The largest absolute Gasteiger partial charge is 0.393 e. The fraction of sp³-hybridized carbons (Fsp3) is 0.379. The van der Waals surface area contributed by atoms with Gasteiger partial charge in [0.25, 0.3) is 0 Å². The van der Waals surface area contributed by atoms with Crippen molar-refractivity contribution in [1.29, 1.82) is 0 Å². The van der Waals surface area contributed by atoms with Gasteiger partial charge in [-0.3, -0.25) is 4.90 Å². The molecule has 6 rings (SSSR count). The van der Waals surface area contributed by atoms with Crippen LogP contribution in [0.5, 0.6) is 0 Å². The van der Waals surface area contributed by atoms with E-state index in [2.05, 4.69) is 55.5 Å². The number of aromatic nitrogens is 3. The van der Waals surface area contributed by atoms with E-state index in [0.29, 0.717) is 16.7 Å². The van der Waals surface area contributed by atoms with Crippen molar-refractivity contribution in [1.82, 2.24) is 24.8 Å². The minimum Gasteiger partial charge on any atom is -0.393 e. The first-order chi connectivity index (χ1) is 18.5. The number of nitrogens with one attached hydrogen (secondary N) is 2. The molecule has 0 atom stereocenters. The zero-order valence-electron chi connectivity index (χ0n) is 21.2. The van der Waals surface area contributed by atoms with E-state index in [1.807, 2.05) is 6.20 Å². The number of rotatable bonds is 6. The minimum atomic E-state index is -0.423. The maximum absolute atomic E-state index is 13.9. The van der Waals surface area contributed by atoms with Crippen LogP contribution in [0.25, 0.3) is 22.2 Å². The molecule has 4 aromatic rings. The highest BCUT2D eigenvalue weighted by molar-refractivity contribution is 6.30. The number of hydrogen-bond acceptors (Lipinski definition) is 6. The number of halogens is 2. The van der Waals surface area contributed by atoms with Crippen LogP contribution in [0.15, 0.2) is 54.9 Å². The molecule has 0 bridgehead atoms. The summed E-state index contributed by atoms with van der Waals surface area (Å²) in [5.41, 5.74) is 4.83. The molecule has 38 heavy (non-hydrogen) atoms. The van der Waals surface area contributed by atoms with Crippen LogP contribution < -0.4 is 10.6 Å². The molecule has 0 spiro atoms. The minimum absolute atomic E-state index is 0.236. The number of aliphatic hydroxyl groups excluding tert-OH is 1. The summed E-state index contributed by atoms with van der Waals surface area (Å²) in [6.07, 6.45) is 7.11. The van der Waals surface area contributed by atoms with Crippen molar-refractivity contribution < 1.29 is 9.50 Å². The van der Waals surface area contributed by atoms with Crippen LogP contribution in [-0.2, 0) is 6.54 Å². The van der Waals surface area contributed by atoms with E-state index in [1.165, 1.54) is 17.7 Å². The summed E-state index contributed by atoms with van der Waals surface area (Å²) < 4.78 is 16.1. The second kappa shape index (κ2) is 11.0. The quantitative estimate of drug-likeness (QED) is 0.302. The van der Waals surface area contributed by atoms with Crippen LogP contribution in [0.1, 0.15) is 37.3 Å². The maximum atomic E-state index is 13.9.